The van der Waals surface area contributed by atoms with Crippen LogP contribution in [0, 0.1) is 5.92 Å². The Labute approximate surface area is 108 Å². The molecule has 1 aromatic heterocycles. The van der Waals surface area contributed by atoms with Gasteiger partial charge < -0.3 is 0 Å². The van der Waals surface area contributed by atoms with Gasteiger partial charge >= 0.3 is 0 Å². The summed E-state index contributed by atoms with van der Waals surface area (Å²) >= 11 is 0. The molecule has 3 aromatic rings. The van der Waals surface area contributed by atoms with Crippen molar-refractivity contribution in [1.29, 1.82) is 0 Å². The second-order valence-corrected chi connectivity index (χ2v) is 5.28. The van der Waals surface area contributed by atoms with Crippen LogP contribution in [0.1, 0.15) is 13.8 Å². The van der Waals surface area contributed by atoms with Crippen molar-refractivity contribution < 1.29 is 4.57 Å². The molecule has 0 aliphatic heterocycles. The number of benzene rings is 2. The molecule has 0 aliphatic rings. The van der Waals surface area contributed by atoms with Crippen molar-refractivity contribution in [3.8, 4) is 0 Å². The van der Waals surface area contributed by atoms with Gasteiger partial charge in [-0.1, -0.05) is 44.2 Å². The molecule has 18 heavy (non-hydrogen) atoms. The quantitative estimate of drug-likeness (QED) is 0.469. The number of fused-ring (bicyclic) bond motifs is 3. The summed E-state index contributed by atoms with van der Waals surface area (Å²) in [6, 6.07) is 17.3. The molecule has 0 amide bonds. The predicted octanol–water partition coefficient (Wildman–Crippen LogP) is 3.94. The van der Waals surface area contributed by atoms with E-state index in [1.807, 2.05) is 0 Å². The third-order valence-corrected chi connectivity index (χ3v) is 3.32. The van der Waals surface area contributed by atoms with Crippen LogP contribution in [-0.2, 0) is 6.54 Å². The Balaban J connectivity index is 2.39. The van der Waals surface area contributed by atoms with Gasteiger partial charge in [-0.3, -0.25) is 0 Å². The monoisotopic (exact) mass is 236 g/mol. The fourth-order valence-electron chi connectivity index (χ4n) is 2.59. The molecule has 0 saturated heterocycles. The van der Waals surface area contributed by atoms with Crippen molar-refractivity contribution in [2.24, 2.45) is 5.92 Å². The predicted molar refractivity (Wildman–Crippen MR) is 76.5 cm³/mol. The lowest BCUT2D eigenvalue weighted by atomic mass is 10.1. The second-order valence-electron chi connectivity index (χ2n) is 5.28. The van der Waals surface area contributed by atoms with Crippen LogP contribution in [0.2, 0.25) is 0 Å². The molecule has 0 bridgehead atoms. The van der Waals surface area contributed by atoms with Gasteiger partial charge in [-0.15, -0.1) is 0 Å². The first-order chi connectivity index (χ1) is 8.75. The molecule has 0 aliphatic carbocycles. The summed E-state index contributed by atoms with van der Waals surface area (Å²) in [4.78, 5) is 0. The summed E-state index contributed by atoms with van der Waals surface area (Å²) in [5.74, 6) is 0.652. The van der Waals surface area contributed by atoms with Gasteiger partial charge in [0.15, 0.2) is 12.7 Å². The van der Waals surface area contributed by atoms with Crippen LogP contribution in [0.4, 0.5) is 0 Å². The van der Waals surface area contributed by atoms with Crippen LogP contribution < -0.4 is 4.57 Å². The summed E-state index contributed by atoms with van der Waals surface area (Å²) in [5, 5.41) is 4.00. The van der Waals surface area contributed by atoms with Gasteiger partial charge in [0, 0.05) is 22.8 Å². The van der Waals surface area contributed by atoms with Gasteiger partial charge in [-0.05, 0) is 12.1 Å². The number of rotatable bonds is 2. The third-order valence-electron chi connectivity index (χ3n) is 3.32. The lowest BCUT2D eigenvalue weighted by Crippen LogP contribution is -2.36. The highest BCUT2D eigenvalue weighted by Gasteiger charge is 2.13. The van der Waals surface area contributed by atoms with Crippen molar-refractivity contribution in [3.05, 3.63) is 54.7 Å². The number of nitrogens with zero attached hydrogens (tertiary/aromatic N) is 1. The van der Waals surface area contributed by atoms with Crippen LogP contribution in [0.3, 0.4) is 0 Å². The average Bonchev–Trinajstić information content (AvgIpc) is 2.38. The molecule has 3 rings (SSSR count). The normalized spacial score (nSPS) is 11.5. The molecule has 2 aromatic carbocycles. The minimum Gasteiger partial charge on any atom is -0.197 e. The van der Waals surface area contributed by atoms with Crippen molar-refractivity contribution in [1.82, 2.24) is 0 Å². The first-order valence-corrected chi connectivity index (χ1v) is 6.55. The molecular formula is C17H18N+. The molecule has 1 heteroatoms. The van der Waals surface area contributed by atoms with E-state index in [9.17, 15) is 0 Å². The van der Waals surface area contributed by atoms with Gasteiger partial charge in [-0.2, -0.15) is 4.57 Å². The van der Waals surface area contributed by atoms with Crippen LogP contribution >= 0.6 is 0 Å². The molecule has 1 heterocycles. The molecule has 0 atom stereocenters. The Morgan fingerprint density at radius 1 is 0.889 bits per heavy atom. The van der Waals surface area contributed by atoms with E-state index in [2.05, 4.69) is 73.1 Å². The highest BCUT2D eigenvalue weighted by molar-refractivity contribution is 6.03. The largest absolute Gasteiger partial charge is 0.213 e. The first-order valence-electron chi connectivity index (χ1n) is 6.55. The van der Waals surface area contributed by atoms with Crippen LogP contribution in [0.5, 0.6) is 0 Å². The number of hydrogen-bond donors (Lipinski definition) is 0. The minimum absolute atomic E-state index is 0.652. The van der Waals surface area contributed by atoms with Crippen molar-refractivity contribution in [2.75, 3.05) is 0 Å². The molecule has 0 unspecified atom stereocenters. The smallest absolute Gasteiger partial charge is 0.197 e. The van der Waals surface area contributed by atoms with E-state index in [1.54, 1.807) is 0 Å². The van der Waals surface area contributed by atoms with E-state index >= 15 is 0 Å². The Bertz CT molecular complexity index is 698. The molecule has 0 fully saturated rings. The van der Waals surface area contributed by atoms with E-state index in [-0.39, 0.29) is 0 Å². The van der Waals surface area contributed by atoms with Crippen LogP contribution in [-0.4, -0.2) is 0 Å². The lowest BCUT2D eigenvalue weighted by molar-refractivity contribution is -0.675. The second kappa shape index (κ2) is 4.41. The van der Waals surface area contributed by atoms with Crippen LogP contribution in [0.25, 0.3) is 21.7 Å². The van der Waals surface area contributed by atoms with Gasteiger partial charge in [0.05, 0.1) is 5.39 Å². The summed E-state index contributed by atoms with van der Waals surface area (Å²) in [5.41, 5.74) is 1.32. The molecule has 0 saturated carbocycles. The number of pyridine rings is 1. The highest BCUT2D eigenvalue weighted by Crippen LogP contribution is 2.22. The van der Waals surface area contributed by atoms with E-state index in [4.69, 9.17) is 0 Å². The van der Waals surface area contributed by atoms with Crippen molar-refractivity contribution >= 4 is 21.7 Å². The molecule has 90 valence electrons. The summed E-state index contributed by atoms with van der Waals surface area (Å²) < 4.78 is 2.38. The molecule has 0 radical (unpaired) electrons. The zero-order valence-electron chi connectivity index (χ0n) is 10.9. The van der Waals surface area contributed by atoms with E-state index in [0.29, 0.717) is 5.92 Å². The topological polar surface area (TPSA) is 3.88 Å². The minimum atomic E-state index is 0.652. The average molecular weight is 236 g/mol. The maximum atomic E-state index is 2.38. The Hall–Kier alpha value is -1.89. The fourth-order valence-corrected chi connectivity index (χ4v) is 2.59. The lowest BCUT2D eigenvalue weighted by Gasteiger charge is -2.07. The van der Waals surface area contributed by atoms with Gasteiger partial charge in [0.2, 0.25) is 5.52 Å². The van der Waals surface area contributed by atoms with Crippen molar-refractivity contribution in [3.63, 3.8) is 0 Å². The summed E-state index contributed by atoms with van der Waals surface area (Å²) in [6.07, 6.45) is 2.28. The zero-order chi connectivity index (χ0) is 12.5. The van der Waals surface area contributed by atoms with Gasteiger partial charge in [0.25, 0.3) is 0 Å². The Morgan fingerprint density at radius 2 is 1.56 bits per heavy atom. The van der Waals surface area contributed by atoms with Crippen LogP contribution in [0.15, 0.2) is 54.7 Å². The van der Waals surface area contributed by atoms with Gasteiger partial charge in [0.1, 0.15) is 0 Å². The molecule has 0 spiro atoms. The van der Waals surface area contributed by atoms with E-state index in [1.165, 1.54) is 21.7 Å². The number of aromatic nitrogens is 1. The fraction of sp³-hybridized carbons (Fsp3) is 0.235. The SMILES string of the molecule is CC(C)C[n+]1cc2ccccc2c2ccccc21. The standard InChI is InChI=1S/C17H18N/c1-13(2)11-18-12-14-7-3-4-8-15(14)16-9-5-6-10-17(16)18/h3-10,12-13H,11H2,1-2H3/q+1. The zero-order valence-corrected chi connectivity index (χ0v) is 10.9. The first kappa shape index (κ1) is 11.2. The molecular weight excluding hydrogens is 218 g/mol. The Morgan fingerprint density at radius 3 is 2.33 bits per heavy atom. The van der Waals surface area contributed by atoms with E-state index < -0.39 is 0 Å². The number of hydrogen-bond acceptors (Lipinski definition) is 0. The molecule has 1 nitrogen and oxygen atoms in total. The van der Waals surface area contributed by atoms with E-state index in [0.717, 1.165) is 6.54 Å². The maximum absolute atomic E-state index is 2.38. The Kier molecular flexibility index (Phi) is 2.75. The maximum Gasteiger partial charge on any atom is 0.213 e. The highest BCUT2D eigenvalue weighted by atomic mass is 14.9. The number of para-hydroxylation sites is 1. The summed E-state index contributed by atoms with van der Waals surface area (Å²) in [7, 11) is 0. The van der Waals surface area contributed by atoms with Gasteiger partial charge in [-0.25, -0.2) is 0 Å². The van der Waals surface area contributed by atoms with Crippen molar-refractivity contribution in [2.45, 2.75) is 20.4 Å². The molecule has 0 N–H and O–H groups in total. The summed E-state index contributed by atoms with van der Waals surface area (Å²) in [6.45, 7) is 5.58. The third kappa shape index (κ3) is 1.86.